The summed E-state index contributed by atoms with van der Waals surface area (Å²) in [5.74, 6) is -0.894. The second-order valence-corrected chi connectivity index (χ2v) is 3.70. The van der Waals surface area contributed by atoms with Gasteiger partial charge < -0.3 is 4.74 Å². The fourth-order valence-electron chi connectivity index (χ4n) is 1.27. The molecule has 0 saturated carbocycles. The smallest absolute Gasteiger partial charge is 0.337 e. The number of halogens is 1. The molecule has 0 atom stereocenters. The zero-order chi connectivity index (χ0) is 10.1. The molecule has 0 amide bonds. The fourth-order valence-corrected chi connectivity index (χ4v) is 2.06. The second kappa shape index (κ2) is 3.38. The first-order valence-electron chi connectivity index (χ1n) is 3.97. The number of carbonyl (C=O) groups excluding carboxylic acids is 1. The maximum Gasteiger partial charge on any atom is 0.337 e. The van der Waals surface area contributed by atoms with Gasteiger partial charge in [0.05, 0.1) is 17.4 Å². The average molecular weight is 210 g/mol. The zero-order valence-electron chi connectivity index (χ0n) is 7.41. The van der Waals surface area contributed by atoms with Gasteiger partial charge in [0.2, 0.25) is 0 Å². The number of fused-ring (bicyclic) bond motifs is 1. The van der Waals surface area contributed by atoms with Crippen molar-refractivity contribution < 1.29 is 13.9 Å². The molecule has 72 valence electrons. The molecule has 0 spiro atoms. The van der Waals surface area contributed by atoms with Crippen LogP contribution in [0.3, 0.4) is 0 Å². The van der Waals surface area contributed by atoms with Crippen molar-refractivity contribution in [1.82, 2.24) is 0 Å². The lowest BCUT2D eigenvalue weighted by atomic mass is 10.1. The maximum atomic E-state index is 13.4. The third kappa shape index (κ3) is 1.37. The van der Waals surface area contributed by atoms with E-state index in [4.69, 9.17) is 0 Å². The van der Waals surface area contributed by atoms with Gasteiger partial charge in [-0.3, -0.25) is 0 Å². The van der Waals surface area contributed by atoms with Crippen molar-refractivity contribution in [1.29, 1.82) is 0 Å². The summed E-state index contributed by atoms with van der Waals surface area (Å²) < 4.78 is 18.5. The molecule has 0 saturated heterocycles. The lowest BCUT2D eigenvalue weighted by molar-refractivity contribution is 0.0600. The molecule has 1 aromatic carbocycles. The number of rotatable bonds is 1. The summed E-state index contributed by atoms with van der Waals surface area (Å²) in [5, 5.41) is 2.52. The molecule has 2 aromatic rings. The summed E-state index contributed by atoms with van der Waals surface area (Å²) in [6.45, 7) is 0. The minimum absolute atomic E-state index is 0.246. The Kier molecular flexibility index (Phi) is 2.21. The molecule has 2 nitrogen and oxygen atoms in total. The molecular weight excluding hydrogens is 203 g/mol. The molecule has 0 N–H and O–H groups in total. The van der Waals surface area contributed by atoms with Gasteiger partial charge in [-0.1, -0.05) is 0 Å². The Hall–Kier alpha value is -1.42. The van der Waals surface area contributed by atoms with Crippen LogP contribution in [0.15, 0.2) is 23.6 Å². The van der Waals surface area contributed by atoms with Gasteiger partial charge >= 0.3 is 5.97 Å². The van der Waals surface area contributed by atoms with Gasteiger partial charge in [-0.25, -0.2) is 9.18 Å². The van der Waals surface area contributed by atoms with Gasteiger partial charge in [-0.05, 0) is 29.0 Å². The van der Waals surface area contributed by atoms with Crippen molar-refractivity contribution >= 4 is 27.4 Å². The van der Waals surface area contributed by atoms with Gasteiger partial charge in [-0.15, -0.1) is 11.3 Å². The van der Waals surface area contributed by atoms with E-state index in [1.807, 2.05) is 0 Å². The average Bonchev–Trinajstić information content (AvgIpc) is 2.64. The van der Waals surface area contributed by atoms with Crippen LogP contribution in [-0.2, 0) is 4.74 Å². The lowest BCUT2D eigenvalue weighted by Crippen LogP contribution is -2.01. The first-order chi connectivity index (χ1) is 6.72. The normalized spacial score (nSPS) is 10.4. The van der Waals surface area contributed by atoms with E-state index in [0.717, 1.165) is 5.39 Å². The van der Waals surface area contributed by atoms with Crippen LogP contribution < -0.4 is 0 Å². The monoisotopic (exact) mass is 210 g/mol. The topological polar surface area (TPSA) is 26.3 Å². The number of hydrogen-bond acceptors (Lipinski definition) is 3. The molecule has 0 radical (unpaired) electrons. The van der Waals surface area contributed by atoms with Crippen molar-refractivity contribution in [3.05, 3.63) is 35.0 Å². The van der Waals surface area contributed by atoms with E-state index in [1.54, 1.807) is 17.5 Å². The van der Waals surface area contributed by atoms with Crippen LogP contribution in [0, 0.1) is 5.82 Å². The van der Waals surface area contributed by atoms with Crippen molar-refractivity contribution in [3.8, 4) is 0 Å². The van der Waals surface area contributed by atoms with E-state index in [2.05, 4.69) is 4.74 Å². The predicted octanol–water partition coefficient (Wildman–Crippen LogP) is 2.83. The summed E-state index contributed by atoms with van der Waals surface area (Å²) in [6, 6.07) is 4.60. The minimum Gasteiger partial charge on any atom is -0.465 e. The Bertz CT molecular complexity index is 490. The standard InChI is InChI=1S/C10H7FO2S/c1-13-10(12)7-4-6-2-3-14-9(6)8(11)5-7/h2-5H,1H3. The van der Waals surface area contributed by atoms with Crippen LogP contribution >= 0.6 is 11.3 Å². The van der Waals surface area contributed by atoms with Crippen molar-refractivity contribution in [3.63, 3.8) is 0 Å². The second-order valence-electron chi connectivity index (χ2n) is 2.79. The largest absolute Gasteiger partial charge is 0.465 e. The number of esters is 1. The molecule has 2 rings (SSSR count). The molecule has 1 aromatic heterocycles. The van der Waals surface area contributed by atoms with E-state index in [-0.39, 0.29) is 11.4 Å². The highest BCUT2D eigenvalue weighted by Crippen LogP contribution is 2.25. The highest BCUT2D eigenvalue weighted by molar-refractivity contribution is 7.17. The lowest BCUT2D eigenvalue weighted by Gasteiger charge is -1.99. The van der Waals surface area contributed by atoms with Crippen LogP contribution in [0.1, 0.15) is 10.4 Å². The molecule has 0 fully saturated rings. The van der Waals surface area contributed by atoms with E-state index in [1.165, 1.54) is 24.5 Å². The van der Waals surface area contributed by atoms with Crippen LogP contribution in [-0.4, -0.2) is 13.1 Å². The van der Waals surface area contributed by atoms with Gasteiger partial charge in [0.1, 0.15) is 5.82 Å². The van der Waals surface area contributed by atoms with Crippen molar-refractivity contribution in [2.75, 3.05) is 7.11 Å². The fraction of sp³-hybridized carbons (Fsp3) is 0.100. The molecule has 14 heavy (non-hydrogen) atoms. The van der Waals surface area contributed by atoms with Gasteiger partial charge in [0.25, 0.3) is 0 Å². The first-order valence-corrected chi connectivity index (χ1v) is 4.85. The summed E-state index contributed by atoms with van der Waals surface area (Å²) in [4.78, 5) is 11.1. The van der Waals surface area contributed by atoms with Crippen LogP contribution in [0.2, 0.25) is 0 Å². The first kappa shape index (κ1) is 9.15. The summed E-state index contributed by atoms with van der Waals surface area (Å²) in [7, 11) is 1.28. The van der Waals surface area contributed by atoms with E-state index in [0.29, 0.717) is 4.70 Å². The molecule has 4 heteroatoms. The SMILES string of the molecule is COC(=O)c1cc(F)c2sccc2c1. The summed E-state index contributed by atoms with van der Waals surface area (Å²) in [6.07, 6.45) is 0. The van der Waals surface area contributed by atoms with Gasteiger partial charge in [0.15, 0.2) is 0 Å². The van der Waals surface area contributed by atoms with E-state index < -0.39 is 5.97 Å². The molecule has 0 aliphatic rings. The maximum absolute atomic E-state index is 13.4. The molecular formula is C10H7FO2S. The van der Waals surface area contributed by atoms with Crippen LogP contribution in [0.5, 0.6) is 0 Å². The number of methoxy groups -OCH3 is 1. The summed E-state index contributed by atoms with van der Waals surface area (Å²) in [5.41, 5.74) is 0.246. The van der Waals surface area contributed by atoms with Crippen molar-refractivity contribution in [2.24, 2.45) is 0 Å². The Morgan fingerprint density at radius 3 is 3.00 bits per heavy atom. The quantitative estimate of drug-likeness (QED) is 0.676. The number of hydrogen-bond donors (Lipinski definition) is 0. The molecule has 0 aliphatic carbocycles. The molecule has 0 aliphatic heterocycles. The molecule has 0 unspecified atom stereocenters. The minimum atomic E-state index is -0.517. The van der Waals surface area contributed by atoms with Crippen molar-refractivity contribution in [2.45, 2.75) is 0 Å². The third-order valence-electron chi connectivity index (χ3n) is 1.93. The predicted molar refractivity (Wildman–Crippen MR) is 53.1 cm³/mol. The number of thiophene rings is 1. The highest BCUT2D eigenvalue weighted by Gasteiger charge is 2.10. The Labute approximate surface area is 83.9 Å². The number of benzene rings is 1. The van der Waals surface area contributed by atoms with Gasteiger partial charge in [-0.2, -0.15) is 0 Å². The summed E-state index contributed by atoms with van der Waals surface area (Å²) >= 11 is 1.31. The number of ether oxygens (including phenoxy) is 1. The van der Waals surface area contributed by atoms with E-state index >= 15 is 0 Å². The Balaban J connectivity index is 2.64. The Morgan fingerprint density at radius 2 is 2.29 bits per heavy atom. The molecule has 1 heterocycles. The highest BCUT2D eigenvalue weighted by atomic mass is 32.1. The Morgan fingerprint density at radius 1 is 1.50 bits per heavy atom. The third-order valence-corrected chi connectivity index (χ3v) is 2.87. The van der Waals surface area contributed by atoms with E-state index in [9.17, 15) is 9.18 Å². The molecule has 0 bridgehead atoms. The van der Waals surface area contributed by atoms with Crippen LogP contribution in [0.4, 0.5) is 4.39 Å². The van der Waals surface area contributed by atoms with Gasteiger partial charge in [0, 0.05) is 0 Å². The zero-order valence-corrected chi connectivity index (χ0v) is 8.23. The van der Waals surface area contributed by atoms with Crippen LogP contribution in [0.25, 0.3) is 10.1 Å². The number of carbonyl (C=O) groups is 1.